The molecule has 2 aromatic carbocycles. The third kappa shape index (κ3) is 2.94. The van der Waals surface area contributed by atoms with Gasteiger partial charge in [0, 0.05) is 12.1 Å². The fourth-order valence-electron chi connectivity index (χ4n) is 2.48. The molecule has 0 N–H and O–H groups in total. The van der Waals surface area contributed by atoms with Crippen molar-refractivity contribution in [2.75, 3.05) is 4.90 Å². The van der Waals surface area contributed by atoms with E-state index in [1.807, 2.05) is 31.2 Å². The van der Waals surface area contributed by atoms with Crippen molar-refractivity contribution in [1.82, 2.24) is 0 Å². The van der Waals surface area contributed by atoms with Crippen molar-refractivity contribution in [3.8, 4) is 0 Å². The highest BCUT2D eigenvalue weighted by Gasteiger charge is 2.28. The van der Waals surface area contributed by atoms with Gasteiger partial charge in [0.15, 0.2) is 0 Å². The second kappa shape index (κ2) is 6.08. The van der Waals surface area contributed by atoms with Crippen LogP contribution in [0.25, 0.3) is 6.08 Å². The number of aliphatic imine (C=N–C) groups is 1. The molecule has 1 aliphatic rings. The summed E-state index contributed by atoms with van der Waals surface area (Å²) in [5.74, 6) is 0.381. The van der Waals surface area contributed by atoms with Gasteiger partial charge in [0.1, 0.15) is 11.5 Å². The van der Waals surface area contributed by atoms with Crippen molar-refractivity contribution in [2.45, 2.75) is 13.8 Å². The molecular formula is C18H15N3O3. The summed E-state index contributed by atoms with van der Waals surface area (Å²) in [5, 5.41) is 10.7. The number of carbonyl (C=O) groups excluding carboxylic acids is 1. The van der Waals surface area contributed by atoms with Crippen molar-refractivity contribution < 1.29 is 9.72 Å². The van der Waals surface area contributed by atoms with Crippen LogP contribution in [-0.2, 0) is 4.79 Å². The minimum atomic E-state index is -0.459. The lowest BCUT2D eigenvalue weighted by Crippen LogP contribution is -2.30. The van der Waals surface area contributed by atoms with E-state index in [2.05, 4.69) is 4.99 Å². The van der Waals surface area contributed by atoms with Gasteiger partial charge in [-0.25, -0.2) is 4.99 Å². The Morgan fingerprint density at radius 2 is 1.67 bits per heavy atom. The Morgan fingerprint density at radius 1 is 1.04 bits per heavy atom. The molecule has 6 nitrogen and oxygen atoms in total. The molecule has 2 aromatic rings. The second-order valence-electron chi connectivity index (χ2n) is 5.51. The van der Waals surface area contributed by atoms with E-state index < -0.39 is 4.92 Å². The van der Waals surface area contributed by atoms with Crippen molar-refractivity contribution >= 4 is 29.2 Å². The predicted octanol–water partition coefficient (Wildman–Crippen LogP) is 3.71. The molecule has 1 aliphatic heterocycles. The molecule has 120 valence electrons. The highest BCUT2D eigenvalue weighted by Crippen LogP contribution is 2.25. The SMILES string of the molecule is CC1=N/C(=C\c2ccc([N+](=O)[O-])cc2)C(=O)N1c1ccc(C)cc1. The number of amidine groups is 1. The van der Waals surface area contributed by atoms with Gasteiger partial charge in [-0.3, -0.25) is 19.8 Å². The van der Waals surface area contributed by atoms with Gasteiger partial charge in [0.05, 0.1) is 10.6 Å². The zero-order valence-electron chi connectivity index (χ0n) is 13.3. The monoisotopic (exact) mass is 321 g/mol. The quantitative estimate of drug-likeness (QED) is 0.491. The Hall–Kier alpha value is -3.28. The van der Waals surface area contributed by atoms with E-state index in [0.717, 1.165) is 11.3 Å². The fraction of sp³-hybridized carbons (Fsp3) is 0.111. The summed E-state index contributed by atoms with van der Waals surface area (Å²) >= 11 is 0. The first-order valence-corrected chi connectivity index (χ1v) is 7.38. The molecule has 3 rings (SSSR count). The maximum atomic E-state index is 12.6. The van der Waals surface area contributed by atoms with E-state index in [-0.39, 0.29) is 11.6 Å². The number of nitrogens with zero attached hydrogens (tertiary/aromatic N) is 3. The number of anilines is 1. The van der Waals surface area contributed by atoms with Gasteiger partial charge in [-0.15, -0.1) is 0 Å². The lowest BCUT2D eigenvalue weighted by molar-refractivity contribution is -0.384. The zero-order chi connectivity index (χ0) is 17.3. The Bertz CT molecular complexity index is 865. The predicted molar refractivity (Wildman–Crippen MR) is 92.8 cm³/mol. The Labute approximate surface area is 138 Å². The highest BCUT2D eigenvalue weighted by atomic mass is 16.6. The van der Waals surface area contributed by atoms with Gasteiger partial charge in [-0.1, -0.05) is 17.7 Å². The lowest BCUT2D eigenvalue weighted by atomic mass is 10.1. The minimum absolute atomic E-state index is 0.0101. The molecule has 0 fully saturated rings. The number of aryl methyl sites for hydroxylation is 1. The van der Waals surface area contributed by atoms with Crippen LogP contribution in [0.4, 0.5) is 11.4 Å². The number of nitro benzene ring substituents is 1. The van der Waals surface area contributed by atoms with Gasteiger partial charge < -0.3 is 0 Å². The molecule has 6 heteroatoms. The van der Waals surface area contributed by atoms with Crippen LogP contribution in [0.5, 0.6) is 0 Å². The normalized spacial score (nSPS) is 15.8. The molecule has 0 bridgehead atoms. The van der Waals surface area contributed by atoms with Gasteiger partial charge in [-0.2, -0.15) is 0 Å². The van der Waals surface area contributed by atoms with Crippen molar-refractivity contribution in [1.29, 1.82) is 0 Å². The van der Waals surface area contributed by atoms with E-state index >= 15 is 0 Å². The van der Waals surface area contributed by atoms with E-state index in [4.69, 9.17) is 0 Å². The van der Waals surface area contributed by atoms with E-state index in [0.29, 0.717) is 17.1 Å². The lowest BCUT2D eigenvalue weighted by Gasteiger charge is -2.16. The third-order valence-electron chi connectivity index (χ3n) is 3.73. The maximum absolute atomic E-state index is 12.6. The van der Waals surface area contributed by atoms with E-state index in [9.17, 15) is 14.9 Å². The number of nitro groups is 1. The van der Waals surface area contributed by atoms with Gasteiger partial charge in [0.2, 0.25) is 0 Å². The second-order valence-corrected chi connectivity index (χ2v) is 5.51. The smallest absolute Gasteiger partial charge is 0.266 e. The summed E-state index contributed by atoms with van der Waals surface area (Å²) in [6.07, 6.45) is 1.63. The van der Waals surface area contributed by atoms with E-state index in [1.165, 1.54) is 12.1 Å². The Morgan fingerprint density at radius 3 is 2.25 bits per heavy atom. The summed E-state index contributed by atoms with van der Waals surface area (Å²) in [6.45, 7) is 3.75. The van der Waals surface area contributed by atoms with Crippen LogP contribution >= 0.6 is 0 Å². The largest absolute Gasteiger partial charge is 0.282 e. The fourth-order valence-corrected chi connectivity index (χ4v) is 2.48. The zero-order valence-corrected chi connectivity index (χ0v) is 13.3. The Kier molecular flexibility index (Phi) is 3.95. The third-order valence-corrected chi connectivity index (χ3v) is 3.73. The number of benzene rings is 2. The molecule has 0 atom stereocenters. The molecule has 0 unspecified atom stereocenters. The van der Waals surface area contributed by atoms with Gasteiger partial charge in [0.25, 0.3) is 11.6 Å². The number of non-ortho nitro benzene ring substituents is 1. The molecule has 0 saturated carbocycles. The number of rotatable bonds is 3. The molecule has 0 saturated heterocycles. The number of hydrogen-bond acceptors (Lipinski definition) is 4. The average Bonchev–Trinajstić information content (AvgIpc) is 2.83. The Balaban J connectivity index is 1.89. The summed E-state index contributed by atoms with van der Waals surface area (Å²) in [7, 11) is 0. The number of amides is 1. The molecular weight excluding hydrogens is 306 g/mol. The highest BCUT2D eigenvalue weighted by molar-refractivity contribution is 6.28. The molecule has 0 aliphatic carbocycles. The van der Waals surface area contributed by atoms with Crippen LogP contribution in [0.2, 0.25) is 0 Å². The van der Waals surface area contributed by atoms with E-state index in [1.54, 1.807) is 30.0 Å². The molecule has 1 heterocycles. The van der Waals surface area contributed by atoms with Crippen molar-refractivity contribution in [3.05, 3.63) is 75.5 Å². The molecule has 1 amide bonds. The van der Waals surface area contributed by atoms with Crippen LogP contribution < -0.4 is 4.90 Å². The number of carbonyl (C=O) groups is 1. The standard InChI is InChI=1S/C18H15N3O3/c1-12-3-7-15(8-4-12)20-13(2)19-17(18(20)22)11-14-5-9-16(10-6-14)21(23)24/h3-11H,1-2H3/b17-11-. The first-order chi connectivity index (χ1) is 11.5. The first kappa shape index (κ1) is 15.6. The van der Waals surface area contributed by atoms with Crippen LogP contribution in [0.1, 0.15) is 18.1 Å². The summed E-state index contributed by atoms with van der Waals surface area (Å²) < 4.78 is 0. The summed E-state index contributed by atoms with van der Waals surface area (Å²) in [4.78, 5) is 28.7. The van der Waals surface area contributed by atoms with Crippen LogP contribution in [-0.4, -0.2) is 16.7 Å². The molecule has 0 radical (unpaired) electrons. The minimum Gasteiger partial charge on any atom is -0.266 e. The molecule has 24 heavy (non-hydrogen) atoms. The summed E-state index contributed by atoms with van der Waals surface area (Å²) in [5.41, 5.74) is 2.88. The van der Waals surface area contributed by atoms with Gasteiger partial charge >= 0.3 is 0 Å². The first-order valence-electron chi connectivity index (χ1n) is 7.38. The average molecular weight is 321 g/mol. The van der Waals surface area contributed by atoms with Crippen LogP contribution in [0, 0.1) is 17.0 Å². The van der Waals surface area contributed by atoms with Crippen molar-refractivity contribution in [3.63, 3.8) is 0 Å². The number of hydrogen-bond donors (Lipinski definition) is 0. The van der Waals surface area contributed by atoms with Crippen molar-refractivity contribution in [2.24, 2.45) is 4.99 Å². The maximum Gasteiger partial charge on any atom is 0.282 e. The summed E-state index contributed by atoms with van der Waals surface area (Å²) in [6, 6.07) is 13.6. The molecule has 0 spiro atoms. The molecule has 0 aromatic heterocycles. The van der Waals surface area contributed by atoms with Gasteiger partial charge in [-0.05, 0) is 49.8 Å². The topological polar surface area (TPSA) is 75.8 Å². The van der Waals surface area contributed by atoms with Crippen LogP contribution in [0.15, 0.2) is 59.2 Å². The van der Waals surface area contributed by atoms with Crippen LogP contribution in [0.3, 0.4) is 0 Å².